The number of carbonyl (C=O) groups excluding carboxylic acids is 1. The Hall–Kier alpha value is -1.20. The molecule has 1 rings (SSSR count). The number of hydrogen-bond acceptors (Lipinski definition) is 2. The fraction of sp³-hybridized carbons (Fsp3) is 0.182. The minimum Gasteiger partial charge on any atom is -0.298 e. The molecule has 0 N–H and O–H groups in total. The van der Waals surface area contributed by atoms with E-state index in [1.807, 2.05) is 19.1 Å². The lowest BCUT2D eigenvalue weighted by atomic mass is 10.0. The molecule has 0 spiro atoms. The molecule has 1 nitrogen and oxygen atoms in total. The molecule has 2 heteroatoms. The van der Waals surface area contributed by atoms with Gasteiger partial charge in [-0.3, -0.25) is 4.79 Å². The fourth-order valence-electron chi connectivity index (χ4n) is 1.16. The molecule has 0 fully saturated rings. The lowest BCUT2D eigenvalue weighted by Gasteiger charge is -2.04. The summed E-state index contributed by atoms with van der Waals surface area (Å²) in [5.74, 6) is 3.14. The van der Waals surface area contributed by atoms with Crippen LogP contribution in [0.15, 0.2) is 12.1 Å². The molecule has 0 saturated carbocycles. The van der Waals surface area contributed by atoms with Crippen molar-refractivity contribution in [2.75, 3.05) is 0 Å². The van der Waals surface area contributed by atoms with Crippen LogP contribution in [0.3, 0.4) is 0 Å². The van der Waals surface area contributed by atoms with E-state index in [0.29, 0.717) is 11.3 Å². The maximum Gasteiger partial charge on any atom is 0.150 e. The first-order valence-corrected chi connectivity index (χ1v) is 4.52. The van der Waals surface area contributed by atoms with Crippen LogP contribution in [-0.2, 0) is 5.75 Å². The zero-order valence-electron chi connectivity index (χ0n) is 7.37. The van der Waals surface area contributed by atoms with Crippen molar-refractivity contribution in [3.05, 3.63) is 34.4 Å². The lowest BCUT2D eigenvalue weighted by Crippen LogP contribution is -1.93. The molecule has 0 bridgehead atoms. The van der Waals surface area contributed by atoms with Crippen molar-refractivity contribution in [2.24, 2.45) is 0 Å². The van der Waals surface area contributed by atoms with Crippen molar-refractivity contribution < 1.29 is 4.79 Å². The SMILES string of the molecule is C#Cc1cc(CS)cc(C=O)c1C. The van der Waals surface area contributed by atoms with Crippen molar-refractivity contribution in [1.29, 1.82) is 0 Å². The van der Waals surface area contributed by atoms with Gasteiger partial charge in [-0.1, -0.05) is 5.92 Å². The Morgan fingerprint density at radius 2 is 2.31 bits per heavy atom. The van der Waals surface area contributed by atoms with Crippen LogP contribution in [0, 0.1) is 19.3 Å². The van der Waals surface area contributed by atoms with Gasteiger partial charge in [-0.05, 0) is 30.2 Å². The summed E-state index contributed by atoms with van der Waals surface area (Å²) in [5, 5.41) is 0. The largest absolute Gasteiger partial charge is 0.298 e. The van der Waals surface area contributed by atoms with Crippen LogP contribution in [0.5, 0.6) is 0 Å². The Labute approximate surface area is 83.6 Å². The first-order valence-electron chi connectivity index (χ1n) is 3.89. The molecule has 0 radical (unpaired) electrons. The molecular formula is C11H10OS. The highest BCUT2D eigenvalue weighted by molar-refractivity contribution is 7.79. The van der Waals surface area contributed by atoms with E-state index in [0.717, 1.165) is 23.0 Å². The summed E-state index contributed by atoms with van der Waals surface area (Å²) in [7, 11) is 0. The highest BCUT2D eigenvalue weighted by atomic mass is 32.1. The highest BCUT2D eigenvalue weighted by Crippen LogP contribution is 2.16. The zero-order chi connectivity index (χ0) is 9.84. The molecule has 0 atom stereocenters. The quantitative estimate of drug-likeness (QED) is 0.430. The van der Waals surface area contributed by atoms with Gasteiger partial charge in [-0.2, -0.15) is 12.6 Å². The summed E-state index contributed by atoms with van der Waals surface area (Å²) in [6, 6.07) is 3.70. The van der Waals surface area contributed by atoms with E-state index in [1.54, 1.807) is 0 Å². The Morgan fingerprint density at radius 3 is 2.77 bits per heavy atom. The second-order valence-corrected chi connectivity index (χ2v) is 3.09. The molecular weight excluding hydrogens is 180 g/mol. The summed E-state index contributed by atoms with van der Waals surface area (Å²) >= 11 is 4.13. The first-order chi connectivity index (χ1) is 6.22. The number of hydrogen-bond donors (Lipinski definition) is 1. The smallest absolute Gasteiger partial charge is 0.150 e. The molecule has 1 aromatic carbocycles. The topological polar surface area (TPSA) is 17.1 Å². The van der Waals surface area contributed by atoms with E-state index < -0.39 is 0 Å². The van der Waals surface area contributed by atoms with Crippen LogP contribution in [0.2, 0.25) is 0 Å². The Morgan fingerprint density at radius 1 is 1.62 bits per heavy atom. The van der Waals surface area contributed by atoms with Crippen LogP contribution >= 0.6 is 12.6 Å². The summed E-state index contributed by atoms with van der Waals surface area (Å²) in [4.78, 5) is 10.7. The maximum atomic E-state index is 10.7. The van der Waals surface area contributed by atoms with Gasteiger partial charge in [0, 0.05) is 16.9 Å². The first kappa shape index (κ1) is 9.88. The molecule has 0 aliphatic rings. The van der Waals surface area contributed by atoms with E-state index in [1.165, 1.54) is 0 Å². The monoisotopic (exact) mass is 190 g/mol. The third-order valence-electron chi connectivity index (χ3n) is 1.97. The normalized spacial score (nSPS) is 9.31. The van der Waals surface area contributed by atoms with Gasteiger partial charge in [0.2, 0.25) is 0 Å². The molecule has 0 amide bonds. The second kappa shape index (κ2) is 4.15. The summed E-state index contributed by atoms with van der Waals surface area (Å²) in [6.07, 6.45) is 6.13. The van der Waals surface area contributed by atoms with E-state index in [2.05, 4.69) is 18.5 Å². The number of carbonyl (C=O) groups is 1. The van der Waals surface area contributed by atoms with E-state index in [9.17, 15) is 4.79 Å². The van der Waals surface area contributed by atoms with Crippen LogP contribution < -0.4 is 0 Å². The molecule has 66 valence electrons. The summed E-state index contributed by atoms with van der Waals surface area (Å²) in [5.41, 5.74) is 3.26. The van der Waals surface area contributed by atoms with Gasteiger partial charge in [0.25, 0.3) is 0 Å². The molecule has 13 heavy (non-hydrogen) atoms. The zero-order valence-corrected chi connectivity index (χ0v) is 8.27. The van der Waals surface area contributed by atoms with Crippen LogP contribution in [-0.4, -0.2) is 6.29 Å². The number of rotatable bonds is 2. The molecule has 0 aliphatic heterocycles. The molecule has 0 heterocycles. The van der Waals surface area contributed by atoms with Crippen molar-refractivity contribution in [2.45, 2.75) is 12.7 Å². The average Bonchev–Trinajstić information content (AvgIpc) is 2.18. The Balaban J connectivity index is 3.39. The fourth-order valence-corrected chi connectivity index (χ4v) is 1.34. The number of terminal acetylenes is 1. The van der Waals surface area contributed by atoms with E-state index in [4.69, 9.17) is 6.42 Å². The van der Waals surface area contributed by atoms with Gasteiger partial charge in [0.05, 0.1) is 0 Å². The standard InChI is InChI=1S/C11H10OS/c1-3-10-4-9(7-13)5-11(6-12)8(10)2/h1,4-6,13H,7H2,2H3. The number of thiol groups is 1. The average molecular weight is 190 g/mol. The third-order valence-corrected chi connectivity index (χ3v) is 2.34. The predicted octanol–water partition coefficient (Wildman–Crippen LogP) is 2.22. The Bertz CT molecular complexity index is 374. The van der Waals surface area contributed by atoms with Crippen LogP contribution in [0.1, 0.15) is 27.0 Å². The van der Waals surface area contributed by atoms with Gasteiger partial charge in [-0.15, -0.1) is 6.42 Å². The number of benzene rings is 1. The Kier molecular flexibility index (Phi) is 3.16. The van der Waals surface area contributed by atoms with E-state index in [-0.39, 0.29) is 0 Å². The second-order valence-electron chi connectivity index (χ2n) is 2.78. The van der Waals surface area contributed by atoms with Crippen molar-refractivity contribution in [1.82, 2.24) is 0 Å². The summed E-state index contributed by atoms with van der Waals surface area (Å²) in [6.45, 7) is 1.85. The predicted molar refractivity (Wildman–Crippen MR) is 57.2 cm³/mol. The molecule has 0 aliphatic carbocycles. The van der Waals surface area contributed by atoms with Crippen molar-refractivity contribution in [3.63, 3.8) is 0 Å². The van der Waals surface area contributed by atoms with Gasteiger partial charge in [0.15, 0.2) is 0 Å². The minimum atomic E-state index is 0.593. The van der Waals surface area contributed by atoms with Gasteiger partial charge in [0.1, 0.15) is 6.29 Å². The minimum absolute atomic E-state index is 0.593. The van der Waals surface area contributed by atoms with Gasteiger partial charge in [-0.25, -0.2) is 0 Å². The van der Waals surface area contributed by atoms with E-state index >= 15 is 0 Å². The number of aldehydes is 1. The molecule has 0 unspecified atom stereocenters. The molecule has 0 saturated heterocycles. The summed E-state index contributed by atoms with van der Waals surface area (Å²) < 4.78 is 0. The molecule has 1 aromatic rings. The van der Waals surface area contributed by atoms with Gasteiger partial charge >= 0.3 is 0 Å². The van der Waals surface area contributed by atoms with Crippen LogP contribution in [0.25, 0.3) is 0 Å². The third kappa shape index (κ3) is 1.93. The maximum absolute atomic E-state index is 10.7. The molecule has 0 aromatic heterocycles. The van der Waals surface area contributed by atoms with Crippen LogP contribution in [0.4, 0.5) is 0 Å². The van der Waals surface area contributed by atoms with Gasteiger partial charge < -0.3 is 0 Å². The van der Waals surface area contributed by atoms with Crippen molar-refractivity contribution >= 4 is 18.9 Å². The highest BCUT2D eigenvalue weighted by Gasteiger charge is 2.03. The van der Waals surface area contributed by atoms with Crippen molar-refractivity contribution in [3.8, 4) is 12.3 Å². The lowest BCUT2D eigenvalue weighted by molar-refractivity contribution is 0.112.